The normalized spacial score (nSPS) is 17.2. The third-order valence-corrected chi connectivity index (χ3v) is 5.05. The number of aryl methyl sites for hydroxylation is 2. The molecule has 1 aliphatic rings. The van der Waals surface area contributed by atoms with Gasteiger partial charge < -0.3 is 10.1 Å². The summed E-state index contributed by atoms with van der Waals surface area (Å²) in [4.78, 5) is 0. The zero-order chi connectivity index (χ0) is 14.8. The van der Waals surface area contributed by atoms with Crippen molar-refractivity contribution in [2.75, 3.05) is 12.4 Å². The average molecular weight is 346 g/mol. The van der Waals surface area contributed by atoms with Crippen molar-refractivity contribution in [3.63, 3.8) is 0 Å². The lowest BCUT2D eigenvalue weighted by atomic mass is 9.87. The van der Waals surface area contributed by atoms with Crippen molar-refractivity contribution in [3.8, 4) is 5.75 Å². The largest absolute Gasteiger partial charge is 0.497 e. The van der Waals surface area contributed by atoms with Crippen LogP contribution in [0.3, 0.4) is 0 Å². The fraction of sp³-hybridized carbons (Fsp3) is 0.333. The summed E-state index contributed by atoms with van der Waals surface area (Å²) < 4.78 is 6.49. The van der Waals surface area contributed by atoms with E-state index in [0.29, 0.717) is 6.04 Å². The highest BCUT2D eigenvalue weighted by Gasteiger charge is 2.20. The quantitative estimate of drug-likeness (QED) is 0.819. The van der Waals surface area contributed by atoms with Crippen molar-refractivity contribution in [2.24, 2.45) is 0 Å². The molecule has 1 unspecified atom stereocenters. The standard InChI is InChI=1S/C18H20BrNO/c1-12-10-14(6-9-17(12)19)20-18-5-3-4-13-11-15(21-2)7-8-16(13)18/h6-11,18,20H,3-5H2,1-2H3. The summed E-state index contributed by atoms with van der Waals surface area (Å²) in [5.41, 5.74) is 5.25. The van der Waals surface area contributed by atoms with E-state index < -0.39 is 0 Å². The molecule has 0 radical (unpaired) electrons. The molecule has 0 bridgehead atoms. The van der Waals surface area contributed by atoms with Gasteiger partial charge in [0.15, 0.2) is 0 Å². The molecule has 1 aliphatic carbocycles. The third kappa shape index (κ3) is 3.08. The van der Waals surface area contributed by atoms with Crippen LogP contribution >= 0.6 is 15.9 Å². The van der Waals surface area contributed by atoms with Crippen molar-refractivity contribution in [2.45, 2.75) is 32.2 Å². The van der Waals surface area contributed by atoms with Gasteiger partial charge in [-0.2, -0.15) is 0 Å². The molecule has 0 spiro atoms. The second-order valence-electron chi connectivity index (χ2n) is 5.62. The van der Waals surface area contributed by atoms with E-state index in [9.17, 15) is 0 Å². The summed E-state index contributed by atoms with van der Waals surface area (Å²) >= 11 is 3.55. The predicted octanol–water partition coefficient (Wildman–Crippen LogP) is 5.26. The molecular weight excluding hydrogens is 326 g/mol. The SMILES string of the molecule is COc1ccc2c(c1)CCCC2Nc1ccc(Br)c(C)c1. The zero-order valence-corrected chi connectivity index (χ0v) is 14.0. The van der Waals surface area contributed by atoms with Crippen LogP contribution in [0, 0.1) is 6.92 Å². The summed E-state index contributed by atoms with van der Waals surface area (Å²) in [5.74, 6) is 0.953. The molecule has 110 valence electrons. The molecule has 0 saturated carbocycles. The number of anilines is 1. The second-order valence-corrected chi connectivity index (χ2v) is 6.47. The third-order valence-electron chi connectivity index (χ3n) is 4.16. The lowest BCUT2D eigenvalue weighted by Crippen LogP contribution is -2.17. The number of methoxy groups -OCH3 is 1. The van der Waals surface area contributed by atoms with Crippen LogP contribution in [0.4, 0.5) is 5.69 Å². The van der Waals surface area contributed by atoms with E-state index in [1.165, 1.54) is 35.2 Å². The number of hydrogen-bond acceptors (Lipinski definition) is 2. The Balaban J connectivity index is 1.86. The average Bonchev–Trinajstić information content (AvgIpc) is 2.50. The molecule has 0 amide bonds. The van der Waals surface area contributed by atoms with Gasteiger partial charge in [0.2, 0.25) is 0 Å². The highest BCUT2D eigenvalue weighted by Crippen LogP contribution is 2.35. The smallest absolute Gasteiger partial charge is 0.119 e. The topological polar surface area (TPSA) is 21.3 Å². The molecular formula is C18H20BrNO. The Bertz CT molecular complexity index is 654. The van der Waals surface area contributed by atoms with Gasteiger partial charge in [-0.3, -0.25) is 0 Å². The summed E-state index contributed by atoms with van der Waals surface area (Å²) in [7, 11) is 1.73. The molecule has 0 aromatic heterocycles. The number of rotatable bonds is 3. The molecule has 1 atom stereocenters. The van der Waals surface area contributed by atoms with Crippen molar-refractivity contribution < 1.29 is 4.74 Å². The Morgan fingerprint density at radius 3 is 2.81 bits per heavy atom. The first-order valence-electron chi connectivity index (χ1n) is 7.37. The van der Waals surface area contributed by atoms with E-state index in [4.69, 9.17) is 4.74 Å². The van der Waals surface area contributed by atoms with Crippen molar-refractivity contribution in [1.29, 1.82) is 0 Å². The number of hydrogen-bond donors (Lipinski definition) is 1. The molecule has 0 fully saturated rings. The van der Waals surface area contributed by atoms with Crippen LogP contribution in [-0.2, 0) is 6.42 Å². The number of benzene rings is 2. The molecule has 0 heterocycles. The van der Waals surface area contributed by atoms with Gasteiger partial charge in [0.05, 0.1) is 13.2 Å². The van der Waals surface area contributed by atoms with Crippen LogP contribution in [0.2, 0.25) is 0 Å². The highest BCUT2D eigenvalue weighted by atomic mass is 79.9. The highest BCUT2D eigenvalue weighted by molar-refractivity contribution is 9.10. The van der Waals surface area contributed by atoms with Crippen molar-refractivity contribution in [3.05, 3.63) is 57.6 Å². The summed E-state index contributed by atoms with van der Waals surface area (Å²) in [5, 5.41) is 3.68. The maximum absolute atomic E-state index is 5.34. The van der Waals surface area contributed by atoms with Crippen LogP contribution in [0.5, 0.6) is 5.75 Å². The number of nitrogens with one attached hydrogen (secondary N) is 1. The first-order valence-corrected chi connectivity index (χ1v) is 8.16. The van der Waals surface area contributed by atoms with Gasteiger partial charge >= 0.3 is 0 Å². The van der Waals surface area contributed by atoms with Gasteiger partial charge in [-0.1, -0.05) is 22.0 Å². The molecule has 2 aromatic carbocycles. The first-order chi connectivity index (χ1) is 10.2. The van der Waals surface area contributed by atoms with Crippen LogP contribution in [0.1, 0.15) is 35.6 Å². The molecule has 2 aromatic rings. The molecule has 1 N–H and O–H groups in total. The Labute approximate surface area is 134 Å². The lowest BCUT2D eigenvalue weighted by Gasteiger charge is -2.28. The van der Waals surface area contributed by atoms with E-state index in [2.05, 4.69) is 64.6 Å². The fourth-order valence-electron chi connectivity index (χ4n) is 3.00. The van der Waals surface area contributed by atoms with E-state index in [1.807, 2.05) is 0 Å². The number of halogens is 1. The van der Waals surface area contributed by atoms with E-state index >= 15 is 0 Å². The summed E-state index contributed by atoms with van der Waals surface area (Å²) in [6.45, 7) is 2.12. The van der Waals surface area contributed by atoms with Crippen LogP contribution < -0.4 is 10.1 Å². The Hall–Kier alpha value is -1.48. The fourth-order valence-corrected chi connectivity index (χ4v) is 3.25. The van der Waals surface area contributed by atoms with E-state index in [-0.39, 0.29) is 0 Å². The van der Waals surface area contributed by atoms with E-state index in [1.54, 1.807) is 7.11 Å². The number of fused-ring (bicyclic) bond motifs is 1. The second kappa shape index (κ2) is 6.10. The van der Waals surface area contributed by atoms with Gasteiger partial charge in [-0.15, -0.1) is 0 Å². The molecule has 2 nitrogen and oxygen atoms in total. The maximum atomic E-state index is 5.34. The van der Waals surface area contributed by atoms with Crippen LogP contribution in [0.25, 0.3) is 0 Å². The predicted molar refractivity (Wildman–Crippen MR) is 91.2 cm³/mol. The maximum Gasteiger partial charge on any atom is 0.119 e. The monoisotopic (exact) mass is 345 g/mol. The molecule has 21 heavy (non-hydrogen) atoms. The van der Waals surface area contributed by atoms with Crippen molar-refractivity contribution in [1.82, 2.24) is 0 Å². The lowest BCUT2D eigenvalue weighted by molar-refractivity contribution is 0.413. The first kappa shape index (κ1) is 14.5. The zero-order valence-electron chi connectivity index (χ0n) is 12.4. The number of ether oxygens (including phenoxy) is 1. The Kier molecular flexibility index (Phi) is 4.20. The van der Waals surface area contributed by atoms with Crippen molar-refractivity contribution >= 4 is 21.6 Å². The van der Waals surface area contributed by atoms with Gasteiger partial charge in [0.25, 0.3) is 0 Å². The van der Waals surface area contributed by atoms with E-state index in [0.717, 1.165) is 16.6 Å². The van der Waals surface area contributed by atoms with Gasteiger partial charge in [-0.25, -0.2) is 0 Å². The van der Waals surface area contributed by atoms with Gasteiger partial charge in [-0.05, 0) is 73.2 Å². The minimum atomic E-state index is 0.389. The Morgan fingerprint density at radius 1 is 1.19 bits per heavy atom. The van der Waals surface area contributed by atoms with Crippen LogP contribution in [-0.4, -0.2) is 7.11 Å². The molecule has 3 heteroatoms. The molecule has 0 aliphatic heterocycles. The van der Waals surface area contributed by atoms with Crippen LogP contribution in [0.15, 0.2) is 40.9 Å². The minimum absolute atomic E-state index is 0.389. The molecule has 0 saturated heterocycles. The van der Waals surface area contributed by atoms with Gasteiger partial charge in [0.1, 0.15) is 5.75 Å². The minimum Gasteiger partial charge on any atom is -0.497 e. The summed E-state index contributed by atoms with van der Waals surface area (Å²) in [6, 6.07) is 13.3. The Morgan fingerprint density at radius 2 is 2.05 bits per heavy atom. The van der Waals surface area contributed by atoms with Gasteiger partial charge in [0, 0.05) is 10.2 Å². The summed E-state index contributed by atoms with van der Waals surface area (Å²) in [6.07, 6.45) is 3.53. The molecule has 3 rings (SSSR count).